The minimum Gasteiger partial charge on any atom is -0.489 e. The van der Waals surface area contributed by atoms with Crippen molar-refractivity contribution in [2.24, 2.45) is 10.9 Å². The average Bonchev–Trinajstić information content (AvgIpc) is 2.76. The number of aromatic nitrogens is 2. The second kappa shape index (κ2) is 11.2. The smallest absolute Gasteiger partial charge is 0.265 e. The van der Waals surface area contributed by atoms with E-state index in [1.807, 2.05) is 13.8 Å². The molecule has 0 radical (unpaired) electrons. The molecule has 33 heavy (non-hydrogen) atoms. The van der Waals surface area contributed by atoms with Crippen LogP contribution in [0.2, 0.25) is 0 Å². The summed E-state index contributed by atoms with van der Waals surface area (Å²) in [4.78, 5) is 28.0. The summed E-state index contributed by atoms with van der Waals surface area (Å²) in [5.41, 5.74) is 1.93. The van der Waals surface area contributed by atoms with Crippen LogP contribution in [0, 0.1) is 18.7 Å². The first-order valence-corrected chi connectivity index (χ1v) is 11.3. The van der Waals surface area contributed by atoms with E-state index < -0.39 is 5.82 Å². The van der Waals surface area contributed by atoms with Gasteiger partial charge in [0.25, 0.3) is 5.91 Å². The van der Waals surface area contributed by atoms with Gasteiger partial charge < -0.3 is 20.3 Å². The number of rotatable bonds is 8. The molecule has 9 heteroatoms. The van der Waals surface area contributed by atoms with Crippen molar-refractivity contribution >= 4 is 28.8 Å². The number of carbonyl (C=O) groups excluding carboxylic acids is 1. The zero-order valence-electron chi connectivity index (χ0n) is 20.0. The van der Waals surface area contributed by atoms with Crippen LogP contribution in [-0.4, -0.2) is 59.3 Å². The summed E-state index contributed by atoms with van der Waals surface area (Å²) >= 11 is 0. The highest BCUT2D eigenvalue weighted by Gasteiger charge is 2.19. The van der Waals surface area contributed by atoms with Crippen molar-refractivity contribution in [1.29, 1.82) is 0 Å². The lowest BCUT2D eigenvalue weighted by atomic mass is 9.97. The molecule has 8 nitrogen and oxygen atoms in total. The number of aryl methyl sites for hydroxylation is 1. The Morgan fingerprint density at radius 2 is 2.03 bits per heavy atom. The van der Waals surface area contributed by atoms with E-state index in [1.165, 1.54) is 18.5 Å². The number of halogens is 1. The molecule has 1 aromatic heterocycles. The Labute approximate surface area is 194 Å². The Morgan fingerprint density at radius 3 is 2.73 bits per heavy atom. The molecule has 1 aromatic carbocycles. The second-order valence-corrected chi connectivity index (χ2v) is 8.74. The summed E-state index contributed by atoms with van der Waals surface area (Å²) in [5.74, 6) is 0.642. The van der Waals surface area contributed by atoms with Crippen molar-refractivity contribution in [1.82, 2.24) is 20.2 Å². The maximum atomic E-state index is 13.8. The molecule has 1 saturated heterocycles. The van der Waals surface area contributed by atoms with Crippen LogP contribution in [0.15, 0.2) is 29.5 Å². The lowest BCUT2D eigenvalue weighted by Crippen LogP contribution is -2.38. The maximum Gasteiger partial charge on any atom is 0.265 e. The molecule has 0 bridgehead atoms. The molecule has 0 atom stereocenters. The van der Waals surface area contributed by atoms with Crippen molar-refractivity contribution in [3.05, 3.63) is 36.0 Å². The Morgan fingerprint density at radius 1 is 1.30 bits per heavy atom. The van der Waals surface area contributed by atoms with E-state index in [4.69, 9.17) is 4.74 Å². The zero-order valence-corrected chi connectivity index (χ0v) is 20.0. The van der Waals surface area contributed by atoms with Crippen LogP contribution in [0.3, 0.4) is 0 Å². The van der Waals surface area contributed by atoms with E-state index in [9.17, 15) is 9.18 Å². The van der Waals surface area contributed by atoms with Gasteiger partial charge in [-0.15, -0.1) is 0 Å². The van der Waals surface area contributed by atoms with Crippen molar-refractivity contribution in [3.8, 4) is 5.75 Å². The van der Waals surface area contributed by atoms with Crippen LogP contribution in [0.25, 0.3) is 0 Å². The molecule has 2 aromatic rings. The molecular weight excluding hydrogens is 423 g/mol. The number of amides is 1. The van der Waals surface area contributed by atoms with Gasteiger partial charge in [-0.2, -0.15) is 0 Å². The minimum absolute atomic E-state index is 0.132. The number of carbonyl (C=O) groups is 1. The molecule has 1 fully saturated rings. The van der Waals surface area contributed by atoms with Gasteiger partial charge in [-0.05, 0) is 78.7 Å². The Balaban J connectivity index is 1.76. The molecule has 1 amide bonds. The summed E-state index contributed by atoms with van der Waals surface area (Å²) < 4.78 is 19.5. The molecule has 178 valence electrons. The number of likely N-dealkylation sites (tertiary alicyclic amines) is 1. The monoisotopic (exact) mass is 456 g/mol. The third-order valence-electron chi connectivity index (χ3n) is 5.56. The fraction of sp³-hybridized carbons (Fsp3) is 0.500. The van der Waals surface area contributed by atoms with Crippen molar-refractivity contribution in [2.75, 3.05) is 32.0 Å². The predicted molar refractivity (Wildman–Crippen MR) is 128 cm³/mol. The van der Waals surface area contributed by atoms with Gasteiger partial charge in [0.2, 0.25) is 0 Å². The van der Waals surface area contributed by atoms with Gasteiger partial charge in [0.15, 0.2) is 5.82 Å². The third-order valence-corrected chi connectivity index (χ3v) is 5.56. The summed E-state index contributed by atoms with van der Waals surface area (Å²) in [6, 6.07) is 4.24. The van der Waals surface area contributed by atoms with Crippen LogP contribution in [0.5, 0.6) is 5.75 Å². The molecule has 0 spiro atoms. The zero-order chi connectivity index (χ0) is 24.0. The van der Waals surface area contributed by atoms with Crippen LogP contribution >= 0.6 is 0 Å². The van der Waals surface area contributed by atoms with Gasteiger partial charge in [0.05, 0.1) is 17.5 Å². The Bertz CT molecular complexity index is 1000. The number of benzene rings is 1. The topological polar surface area (TPSA) is 91.7 Å². The number of piperidine rings is 1. The third kappa shape index (κ3) is 6.95. The number of aliphatic imine (C=N–C) groups is 1. The number of nitrogens with zero attached hydrogens (tertiary/aromatic N) is 4. The van der Waals surface area contributed by atoms with Crippen LogP contribution in [0.1, 0.15) is 39.3 Å². The van der Waals surface area contributed by atoms with Gasteiger partial charge in [-0.3, -0.25) is 4.79 Å². The Hall–Kier alpha value is -3.07. The molecule has 1 aliphatic rings. The van der Waals surface area contributed by atoms with Gasteiger partial charge in [-0.1, -0.05) is 0 Å². The normalized spacial score (nSPS) is 15.5. The van der Waals surface area contributed by atoms with Crippen LogP contribution < -0.4 is 15.4 Å². The largest absolute Gasteiger partial charge is 0.489 e. The molecular formula is C24H33FN6O2. The van der Waals surface area contributed by atoms with E-state index in [0.717, 1.165) is 25.9 Å². The maximum absolute atomic E-state index is 13.8. The van der Waals surface area contributed by atoms with Crippen molar-refractivity contribution < 1.29 is 13.9 Å². The van der Waals surface area contributed by atoms with Crippen LogP contribution in [0.4, 0.5) is 21.6 Å². The number of nitrogens with one attached hydrogen (secondary N) is 2. The average molecular weight is 457 g/mol. The molecule has 0 unspecified atom stereocenters. The Kier molecular flexibility index (Phi) is 8.32. The van der Waals surface area contributed by atoms with E-state index in [2.05, 4.69) is 37.5 Å². The van der Waals surface area contributed by atoms with E-state index >= 15 is 0 Å². The summed E-state index contributed by atoms with van der Waals surface area (Å²) in [6.45, 7) is 9.95. The highest BCUT2D eigenvalue weighted by Crippen LogP contribution is 2.33. The molecule has 1 aliphatic heterocycles. The minimum atomic E-state index is -0.398. The van der Waals surface area contributed by atoms with E-state index in [1.54, 1.807) is 19.9 Å². The standard InChI is InChI=1S/C24H33FN6O2/c1-15(2)33-21-12-19(25)6-7-20(21)30-23-22(16(3)27-14-28-23)29-17(4)24(32)26-13-18-8-10-31(5)11-9-18/h6-7,12,14-15,18H,8-11,13H2,1-5H3,(H,26,32)(H,27,28,30)/b29-17+. The lowest BCUT2D eigenvalue weighted by molar-refractivity contribution is -0.115. The molecule has 0 aliphatic carbocycles. The molecule has 0 saturated carbocycles. The lowest BCUT2D eigenvalue weighted by Gasteiger charge is -2.28. The van der Waals surface area contributed by atoms with E-state index in [-0.39, 0.29) is 12.0 Å². The SMILES string of the molecule is C/C(=N\c1c(C)ncnc1Nc1ccc(F)cc1OC(C)C)C(=O)NCC1CCN(C)CC1. The first kappa shape index (κ1) is 24.6. The van der Waals surface area contributed by atoms with Gasteiger partial charge in [-0.25, -0.2) is 19.4 Å². The van der Waals surface area contributed by atoms with Crippen LogP contribution in [-0.2, 0) is 4.79 Å². The fourth-order valence-corrected chi connectivity index (χ4v) is 3.62. The summed E-state index contributed by atoms with van der Waals surface area (Å²) in [5, 5.41) is 6.16. The van der Waals surface area contributed by atoms with Gasteiger partial charge in [0.1, 0.15) is 29.3 Å². The quantitative estimate of drug-likeness (QED) is 0.584. The number of anilines is 2. The highest BCUT2D eigenvalue weighted by molar-refractivity contribution is 6.38. The summed E-state index contributed by atoms with van der Waals surface area (Å²) in [7, 11) is 2.12. The molecule has 3 rings (SSSR count). The first-order valence-electron chi connectivity index (χ1n) is 11.3. The second-order valence-electron chi connectivity index (χ2n) is 8.74. The first-order chi connectivity index (χ1) is 15.7. The number of ether oxygens (including phenoxy) is 1. The fourth-order valence-electron chi connectivity index (χ4n) is 3.62. The van der Waals surface area contributed by atoms with E-state index in [0.29, 0.717) is 46.8 Å². The van der Waals surface area contributed by atoms with Crippen molar-refractivity contribution in [3.63, 3.8) is 0 Å². The van der Waals surface area contributed by atoms with Crippen molar-refractivity contribution in [2.45, 2.75) is 46.6 Å². The van der Waals surface area contributed by atoms with Gasteiger partial charge in [0, 0.05) is 12.6 Å². The highest BCUT2D eigenvalue weighted by atomic mass is 19.1. The molecule has 2 N–H and O–H groups in total. The summed E-state index contributed by atoms with van der Waals surface area (Å²) in [6.07, 6.45) is 3.43. The number of hydrogen-bond donors (Lipinski definition) is 2. The predicted octanol–water partition coefficient (Wildman–Crippen LogP) is 4.01. The molecule has 2 heterocycles. The van der Waals surface area contributed by atoms with Gasteiger partial charge >= 0.3 is 0 Å². The number of hydrogen-bond acceptors (Lipinski definition) is 7.